The van der Waals surface area contributed by atoms with Gasteiger partial charge in [-0.2, -0.15) is 0 Å². The van der Waals surface area contributed by atoms with E-state index < -0.39 is 0 Å². The van der Waals surface area contributed by atoms with Gasteiger partial charge in [-0.05, 0) is 12.2 Å². The van der Waals surface area contributed by atoms with Crippen LogP contribution in [0.15, 0.2) is 62.5 Å². The SMILES string of the molecule is O=C1COC2C=CC=C(C2)/N=c2/ncnc3c2=C(C=N3)\C=N/C=C\C=N/1. The molecule has 8 nitrogen and oxygen atoms in total. The second kappa shape index (κ2) is 7.24. The highest BCUT2D eigenvalue weighted by Crippen LogP contribution is 2.16. The Bertz CT molecular complexity index is 1050. The summed E-state index contributed by atoms with van der Waals surface area (Å²) in [5.74, 6) is 0.212. The van der Waals surface area contributed by atoms with E-state index >= 15 is 0 Å². The van der Waals surface area contributed by atoms with Crippen LogP contribution in [0.5, 0.6) is 0 Å². The first-order valence-corrected chi connectivity index (χ1v) is 8.02. The Hall–Kier alpha value is -3.39. The van der Waals surface area contributed by atoms with Gasteiger partial charge < -0.3 is 4.74 Å². The number of aliphatic imine (C=N–C) groups is 3. The molecule has 0 saturated heterocycles. The number of fused-ring (bicyclic) bond motifs is 2. The first-order chi connectivity index (χ1) is 12.8. The maximum absolute atomic E-state index is 11.7. The van der Waals surface area contributed by atoms with E-state index in [9.17, 15) is 4.79 Å². The van der Waals surface area contributed by atoms with Gasteiger partial charge >= 0.3 is 0 Å². The zero-order valence-corrected chi connectivity index (χ0v) is 13.7. The van der Waals surface area contributed by atoms with Crippen LogP contribution in [0.1, 0.15) is 6.42 Å². The highest BCUT2D eigenvalue weighted by molar-refractivity contribution is 6.30. The van der Waals surface area contributed by atoms with Crippen molar-refractivity contribution in [2.24, 2.45) is 20.0 Å². The molecule has 0 saturated carbocycles. The van der Waals surface area contributed by atoms with E-state index in [-0.39, 0.29) is 18.6 Å². The van der Waals surface area contributed by atoms with Gasteiger partial charge in [0.1, 0.15) is 12.9 Å². The van der Waals surface area contributed by atoms with Crippen molar-refractivity contribution in [1.82, 2.24) is 9.97 Å². The van der Waals surface area contributed by atoms with Crippen molar-refractivity contribution in [3.63, 3.8) is 0 Å². The first kappa shape index (κ1) is 16.1. The van der Waals surface area contributed by atoms with Gasteiger partial charge in [0.15, 0.2) is 11.3 Å². The molecular weight excluding hydrogens is 332 g/mol. The van der Waals surface area contributed by atoms with Crippen LogP contribution in [0.4, 0.5) is 5.82 Å². The number of carbonyl (C=O) groups excluding carboxylic acids is 1. The molecule has 1 atom stereocenters. The molecular formula is C18H14N6O2. The van der Waals surface area contributed by atoms with Crippen molar-refractivity contribution in [3.05, 3.63) is 53.2 Å². The van der Waals surface area contributed by atoms with Gasteiger partial charge in [0.05, 0.1) is 11.3 Å². The number of amides is 1. The predicted octanol–water partition coefficient (Wildman–Crippen LogP) is 0.387. The van der Waals surface area contributed by atoms with Crippen molar-refractivity contribution in [2.45, 2.75) is 12.5 Å². The lowest BCUT2D eigenvalue weighted by Gasteiger charge is -2.15. The standard InChI is InChI=1S/C18H14N6O2/c25-15-10-26-14-4-1-3-13(7-14)24-18-16-12(8-19-5-2-6-20-15)9-21-17(16)22-11-23-18/h1-6,8-9,11,14H,7,10H2/b5-2-,19-8-,20-6-,24-18+. The van der Waals surface area contributed by atoms with E-state index in [1.54, 1.807) is 18.5 Å². The van der Waals surface area contributed by atoms with Crippen LogP contribution >= 0.6 is 0 Å². The maximum atomic E-state index is 11.7. The minimum atomic E-state index is -0.354. The number of allylic oxidation sites excluding steroid dienone is 3. The van der Waals surface area contributed by atoms with Crippen LogP contribution in [0, 0.1) is 0 Å². The fraction of sp³-hybridized carbons (Fsp3) is 0.167. The number of aromatic nitrogens is 2. The van der Waals surface area contributed by atoms with Crippen LogP contribution in [-0.4, -0.2) is 47.2 Å². The Morgan fingerprint density at radius 3 is 3.04 bits per heavy atom. The molecule has 3 aliphatic rings. The Morgan fingerprint density at radius 1 is 1.12 bits per heavy atom. The molecule has 128 valence electrons. The molecule has 0 fully saturated rings. The lowest BCUT2D eigenvalue weighted by atomic mass is 10.1. The Labute approximate surface area is 148 Å². The molecule has 1 aromatic rings. The fourth-order valence-corrected chi connectivity index (χ4v) is 2.62. The zero-order valence-electron chi connectivity index (χ0n) is 13.7. The van der Waals surface area contributed by atoms with E-state index in [4.69, 9.17) is 4.74 Å². The van der Waals surface area contributed by atoms with E-state index in [0.717, 1.165) is 16.5 Å². The quantitative estimate of drug-likeness (QED) is 0.678. The summed E-state index contributed by atoms with van der Waals surface area (Å²) in [6, 6.07) is 0. The number of ether oxygens (including phenoxy) is 1. The number of hydrogen-bond acceptors (Lipinski definition) is 7. The summed E-state index contributed by atoms with van der Waals surface area (Å²) in [5.41, 5.74) is 2.09. The Kier molecular flexibility index (Phi) is 4.48. The minimum absolute atomic E-state index is 0.0927. The molecule has 2 aliphatic heterocycles. The molecule has 1 aromatic heterocycles. The molecule has 0 N–H and O–H groups in total. The molecule has 2 bridgehead atoms. The van der Waals surface area contributed by atoms with E-state index in [1.165, 1.54) is 18.7 Å². The predicted molar refractivity (Wildman–Crippen MR) is 97.1 cm³/mol. The summed E-state index contributed by atoms with van der Waals surface area (Å²) >= 11 is 0. The molecule has 8 heteroatoms. The molecule has 0 radical (unpaired) electrons. The van der Waals surface area contributed by atoms with Gasteiger partial charge in [0, 0.05) is 42.5 Å². The van der Waals surface area contributed by atoms with Crippen molar-refractivity contribution in [3.8, 4) is 0 Å². The Morgan fingerprint density at radius 2 is 2.08 bits per heavy atom. The lowest BCUT2D eigenvalue weighted by Crippen LogP contribution is -2.31. The third-order valence-electron chi connectivity index (χ3n) is 3.81. The Balaban J connectivity index is 1.83. The number of nitrogens with zero attached hydrogens (tertiary/aromatic N) is 6. The van der Waals surface area contributed by atoms with Crippen molar-refractivity contribution in [1.29, 1.82) is 0 Å². The molecule has 1 unspecified atom stereocenters. The molecule has 0 aromatic carbocycles. The summed E-state index contributed by atoms with van der Waals surface area (Å²) in [6.45, 7) is -0.0927. The highest BCUT2D eigenvalue weighted by Gasteiger charge is 2.15. The molecule has 1 aliphatic carbocycles. The molecule has 26 heavy (non-hydrogen) atoms. The van der Waals surface area contributed by atoms with E-state index in [1.807, 2.05) is 18.2 Å². The van der Waals surface area contributed by atoms with Gasteiger partial charge in [0.25, 0.3) is 5.91 Å². The number of hydrogen-bond donors (Lipinski definition) is 0. The minimum Gasteiger partial charge on any atom is -0.364 e. The van der Waals surface area contributed by atoms with Crippen LogP contribution < -0.4 is 10.7 Å². The lowest BCUT2D eigenvalue weighted by molar-refractivity contribution is -0.123. The second-order valence-electron chi connectivity index (χ2n) is 5.61. The fourth-order valence-electron chi connectivity index (χ4n) is 2.62. The van der Waals surface area contributed by atoms with Crippen molar-refractivity contribution >= 4 is 35.9 Å². The van der Waals surface area contributed by atoms with Gasteiger partial charge in [0.2, 0.25) is 0 Å². The van der Waals surface area contributed by atoms with Crippen LogP contribution in [0.2, 0.25) is 0 Å². The van der Waals surface area contributed by atoms with E-state index in [2.05, 4.69) is 29.9 Å². The van der Waals surface area contributed by atoms with Gasteiger partial charge in [-0.1, -0.05) is 12.2 Å². The van der Waals surface area contributed by atoms with Gasteiger partial charge in [-0.3, -0.25) is 9.79 Å². The summed E-state index contributed by atoms with van der Waals surface area (Å²) in [6.07, 6.45) is 15.2. The van der Waals surface area contributed by atoms with E-state index in [0.29, 0.717) is 17.7 Å². The average Bonchev–Trinajstić information content (AvgIpc) is 3.07. The average molecular weight is 346 g/mol. The topological polar surface area (TPSA) is 102 Å². The molecule has 3 heterocycles. The number of rotatable bonds is 0. The van der Waals surface area contributed by atoms with Crippen LogP contribution in [0.25, 0.3) is 5.57 Å². The third-order valence-corrected chi connectivity index (χ3v) is 3.81. The third kappa shape index (κ3) is 3.50. The summed E-state index contributed by atoms with van der Waals surface area (Å²) in [5, 5.41) is 0.744. The van der Waals surface area contributed by atoms with Gasteiger partial charge in [-0.15, -0.1) is 0 Å². The van der Waals surface area contributed by atoms with Crippen LogP contribution in [-0.2, 0) is 9.53 Å². The smallest absolute Gasteiger partial charge is 0.271 e. The summed E-state index contributed by atoms with van der Waals surface area (Å²) in [4.78, 5) is 37.1. The van der Waals surface area contributed by atoms with Crippen LogP contribution in [0.3, 0.4) is 0 Å². The normalized spacial score (nSPS) is 26.5. The van der Waals surface area contributed by atoms with Crippen molar-refractivity contribution < 1.29 is 9.53 Å². The summed E-state index contributed by atoms with van der Waals surface area (Å²) < 4.78 is 5.60. The molecule has 4 rings (SSSR count). The molecule has 1 amide bonds. The van der Waals surface area contributed by atoms with Gasteiger partial charge in [-0.25, -0.2) is 24.9 Å². The monoisotopic (exact) mass is 346 g/mol. The number of carbonyl (C=O) groups is 1. The van der Waals surface area contributed by atoms with Crippen molar-refractivity contribution in [2.75, 3.05) is 6.61 Å². The highest BCUT2D eigenvalue weighted by atomic mass is 16.5. The summed E-state index contributed by atoms with van der Waals surface area (Å²) in [7, 11) is 0. The maximum Gasteiger partial charge on any atom is 0.271 e. The second-order valence-corrected chi connectivity index (χ2v) is 5.61. The molecule has 0 spiro atoms. The largest absolute Gasteiger partial charge is 0.364 e. The first-order valence-electron chi connectivity index (χ1n) is 8.02. The zero-order chi connectivity index (χ0) is 17.8.